The molecule has 1 aliphatic carbocycles. The Kier molecular flexibility index (Phi) is 5.43. The molecule has 1 aromatic heterocycles. The van der Waals surface area contributed by atoms with Gasteiger partial charge in [-0.05, 0) is 37.5 Å². The molecule has 0 atom stereocenters. The van der Waals surface area contributed by atoms with Crippen molar-refractivity contribution in [3.05, 3.63) is 24.0 Å². The number of hydrogen-bond donors (Lipinski definition) is 1. The smallest absolute Gasteiger partial charge is 0.258 e. The average molecular weight is 389 g/mol. The van der Waals surface area contributed by atoms with Crippen LogP contribution >= 0.6 is 12.4 Å². The summed E-state index contributed by atoms with van der Waals surface area (Å²) >= 11 is 0. The Labute approximate surface area is 152 Å². The first-order valence-electron chi connectivity index (χ1n) is 7.52. The third-order valence-corrected chi connectivity index (χ3v) is 6.12. The summed E-state index contributed by atoms with van der Waals surface area (Å²) in [6.45, 7) is 0. The third kappa shape index (κ3) is 3.37. The zero-order valence-electron chi connectivity index (χ0n) is 14.2. The molecule has 1 fully saturated rings. The van der Waals surface area contributed by atoms with Crippen molar-refractivity contribution in [3.63, 3.8) is 0 Å². The number of nitrogens with zero attached hydrogens (tertiary/aromatic N) is 3. The van der Waals surface area contributed by atoms with Gasteiger partial charge in [-0.2, -0.15) is 4.98 Å². The zero-order chi connectivity index (χ0) is 17.5. The molecule has 8 nitrogen and oxygen atoms in total. The van der Waals surface area contributed by atoms with E-state index in [0.29, 0.717) is 11.4 Å². The Morgan fingerprint density at radius 3 is 2.52 bits per heavy atom. The molecule has 2 N–H and O–H groups in total. The van der Waals surface area contributed by atoms with Gasteiger partial charge in [-0.15, -0.1) is 12.4 Å². The molecule has 25 heavy (non-hydrogen) atoms. The molecule has 2 aromatic rings. The fourth-order valence-corrected chi connectivity index (χ4v) is 3.61. The van der Waals surface area contributed by atoms with E-state index in [4.69, 9.17) is 15.0 Å². The molecule has 0 bridgehead atoms. The van der Waals surface area contributed by atoms with Crippen LogP contribution in [0.4, 0.5) is 0 Å². The van der Waals surface area contributed by atoms with Crippen molar-refractivity contribution >= 4 is 22.4 Å². The van der Waals surface area contributed by atoms with Crippen molar-refractivity contribution < 1.29 is 17.7 Å². The number of methoxy groups -OCH3 is 1. The van der Waals surface area contributed by atoms with Crippen molar-refractivity contribution in [3.8, 4) is 17.2 Å². The van der Waals surface area contributed by atoms with E-state index in [1.54, 1.807) is 12.1 Å². The second-order valence-electron chi connectivity index (χ2n) is 6.09. The fourth-order valence-electron chi connectivity index (χ4n) is 2.53. The number of aromatic nitrogens is 2. The first-order valence-corrected chi connectivity index (χ1v) is 8.96. The second kappa shape index (κ2) is 6.91. The molecule has 3 rings (SSSR count). The molecule has 138 valence electrons. The highest BCUT2D eigenvalue weighted by molar-refractivity contribution is 7.89. The van der Waals surface area contributed by atoms with Crippen molar-refractivity contribution in [2.45, 2.75) is 29.7 Å². The van der Waals surface area contributed by atoms with Crippen LogP contribution in [0.2, 0.25) is 0 Å². The molecule has 0 spiro atoms. The van der Waals surface area contributed by atoms with E-state index in [1.165, 1.54) is 27.3 Å². The number of rotatable bonds is 5. The molecule has 0 unspecified atom stereocenters. The third-order valence-electron chi connectivity index (χ3n) is 4.29. The summed E-state index contributed by atoms with van der Waals surface area (Å²) in [5.74, 6) is 0.942. The predicted molar refractivity (Wildman–Crippen MR) is 94.1 cm³/mol. The number of sulfonamides is 1. The standard InChI is InChI=1S/C15H20N4O4S.ClH/c1-19(2)24(20,21)12-9-10(5-6-11(12)22-3)13-17-14(18-23-13)15(16)7-4-8-15;/h5-6,9H,4,7-8,16H2,1-3H3;1H. The number of nitrogens with two attached hydrogens (primary N) is 1. The molecule has 0 saturated heterocycles. The van der Waals surface area contributed by atoms with Gasteiger partial charge >= 0.3 is 0 Å². The minimum Gasteiger partial charge on any atom is -0.495 e. The van der Waals surface area contributed by atoms with Gasteiger partial charge in [0.05, 0.1) is 12.6 Å². The Bertz CT molecular complexity index is 862. The average Bonchev–Trinajstić information content (AvgIpc) is 3.02. The molecule has 1 heterocycles. The molecule has 0 radical (unpaired) electrons. The minimum absolute atomic E-state index is 0. The molecule has 0 amide bonds. The van der Waals surface area contributed by atoms with E-state index in [0.717, 1.165) is 23.6 Å². The Morgan fingerprint density at radius 2 is 2.00 bits per heavy atom. The van der Waals surface area contributed by atoms with Crippen molar-refractivity contribution in [2.24, 2.45) is 5.73 Å². The predicted octanol–water partition coefficient (Wildman–Crippen LogP) is 1.76. The lowest BCUT2D eigenvalue weighted by Crippen LogP contribution is -2.44. The molecule has 1 aromatic carbocycles. The number of ether oxygens (including phenoxy) is 1. The molecule has 1 saturated carbocycles. The SMILES string of the molecule is COc1ccc(-c2nc(C3(N)CCC3)no2)cc1S(=O)(=O)N(C)C.Cl. The molecule has 10 heteroatoms. The summed E-state index contributed by atoms with van der Waals surface area (Å²) in [7, 11) is 0.667. The molecular weight excluding hydrogens is 368 g/mol. The normalized spacial score (nSPS) is 16.2. The van der Waals surface area contributed by atoms with E-state index < -0.39 is 15.6 Å². The van der Waals surface area contributed by atoms with Gasteiger partial charge in [0.1, 0.15) is 10.6 Å². The molecule has 0 aliphatic heterocycles. The quantitative estimate of drug-likeness (QED) is 0.830. The van der Waals surface area contributed by atoms with E-state index >= 15 is 0 Å². The molecular formula is C15H21ClN4O4S. The van der Waals surface area contributed by atoms with Crippen molar-refractivity contribution in [1.82, 2.24) is 14.4 Å². The van der Waals surface area contributed by atoms with Crippen LogP contribution in [-0.2, 0) is 15.6 Å². The minimum atomic E-state index is -3.67. The second-order valence-corrected chi connectivity index (χ2v) is 8.21. The lowest BCUT2D eigenvalue weighted by molar-refractivity contribution is 0.229. The summed E-state index contributed by atoms with van der Waals surface area (Å²) in [5.41, 5.74) is 6.16. The van der Waals surface area contributed by atoms with Gasteiger partial charge in [-0.1, -0.05) is 5.16 Å². The van der Waals surface area contributed by atoms with Gasteiger partial charge in [0.15, 0.2) is 5.82 Å². The highest BCUT2D eigenvalue weighted by Crippen LogP contribution is 2.38. The topological polar surface area (TPSA) is 112 Å². The Hall–Kier alpha value is -1.68. The Balaban J connectivity index is 0.00000225. The van der Waals surface area contributed by atoms with Crippen molar-refractivity contribution in [2.75, 3.05) is 21.2 Å². The van der Waals surface area contributed by atoms with Crippen LogP contribution in [0.25, 0.3) is 11.5 Å². The number of benzene rings is 1. The van der Waals surface area contributed by atoms with Gasteiger partial charge in [-0.3, -0.25) is 0 Å². The summed E-state index contributed by atoms with van der Waals surface area (Å²) in [6.07, 6.45) is 2.66. The first-order chi connectivity index (χ1) is 11.3. The molecule has 1 aliphatic rings. The highest BCUT2D eigenvalue weighted by atomic mass is 35.5. The van der Waals surface area contributed by atoms with Gasteiger partial charge in [-0.25, -0.2) is 12.7 Å². The van der Waals surface area contributed by atoms with E-state index in [1.807, 2.05) is 0 Å². The van der Waals surface area contributed by atoms with Gasteiger partial charge in [0.25, 0.3) is 5.89 Å². The van der Waals surface area contributed by atoms with E-state index in [9.17, 15) is 8.42 Å². The lowest BCUT2D eigenvalue weighted by Gasteiger charge is -2.34. The number of halogens is 1. The lowest BCUT2D eigenvalue weighted by atomic mass is 9.77. The largest absolute Gasteiger partial charge is 0.495 e. The van der Waals surface area contributed by atoms with Crippen LogP contribution in [0.3, 0.4) is 0 Å². The van der Waals surface area contributed by atoms with Crippen LogP contribution in [0.15, 0.2) is 27.6 Å². The van der Waals surface area contributed by atoms with E-state index in [-0.39, 0.29) is 28.9 Å². The van der Waals surface area contributed by atoms with Gasteiger partial charge < -0.3 is 15.0 Å². The zero-order valence-corrected chi connectivity index (χ0v) is 15.9. The fraction of sp³-hybridized carbons (Fsp3) is 0.467. The maximum absolute atomic E-state index is 12.5. The first kappa shape index (κ1) is 19.6. The van der Waals surface area contributed by atoms with Gasteiger partial charge in [0, 0.05) is 19.7 Å². The maximum Gasteiger partial charge on any atom is 0.258 e. The monoisotopic (exact) mass is 388 g/mol. The maximum atomic E-state index is 12.5. The van der Waals surface area contributed by atoms with Crippen LogP contribution in [0.1, 0.15) is 25.1 Å². The number of hydrogen-bond acceptors (Lipinski definition) is 7. The Morgan fingerprint density at radius 1 is 1.32 bits per heavy atom. The highest BCUT2D eigenvalue weighted by Gasteiger charge is 2.39. The summed E-state index contributed by atoms with van der Waals surface area (Å²) in [4.78, 5) is 4.39. The van der Waals surface area contributed by atoms with Crippen LogP contribution < -0.4 is 10.5 Å². The van der Waals surface area contributed by atoms with E-state index in [2.05, 4.69) is 10.1 Å². The van der Waals surface area contributed by atoms with Crippen LogP contribution in [-0.4, -0.2) is 44.1 Å². The van der Waals surface area contributed by atoms with Crippen LogP contribution in [0.5, 0.6) is 5.75 Å². The van der Waals surface area contributed by atoms with Gasteiger partial charge in [0.2, 0.25) is 10.0 Å². The van der Waals surface area contributed by atoms with Crippen molar-refractivity contribution in [1.29, 1.82) is 0 Å². The summed E-state index contributed by atoms with van der Waals surface area (Å²) < 4.78 is 36.5. The summed E-state index contributed by atoms with van der Waals surface area (Å²) in [5, 5.41) is 3.95. The summed E-state index contributed by atoms with van der Waals surface area (Å²) in [6, 6.07) is 4.71. The van der Waals surface area contributed by atoms with Crippen LogP contribution in [0, 0.1) is 0 Å².